The maximum atomic E-state index is 12.1. The molecule has 2 heterocycles. The lowest BCUT2D eigenvalue weighted by Gasteiger charge is -2.12. The van der Waals surface area contributed by atoms with Crippen molar-refractivity contribution in [2.24, 2.45) is 0 Å². The molecule has 2 rings (SSSR count). The van der Waals surface area contributed by atoms with E-state index in [1.54, 1.807) is 17.5 Å². The molecule has 5 nitrogen and oxygen atoms in total. The molecule has 0 fully saturated rings. The zero-order chi connectivity index (χ0) is 15.4. The Morgan fingerprint density at radius 2 is 2.19 bits per heavy atom. The summed E-state index contributed by atoms with van der Waals surface area (Å²) in [6.07, 6.45) is 1.61. The number of aryl methyl sites for hydroxylation is 1. The molecule has 0 aliphatic rings. The van der Waals surface area contributed by atoms with Crippen molar-refractivity contribution >= 4 is 28.6 Å². The highest BCUT2D eigenvalue weighted by molar-refractivity contribution is 7.11. The average molecular weight is 327 g/mol. The Morgan fingerprint density at radius 3 is 2.81 bits per heavy atom. The fourth-order valence-corrected chi connectivity index (χ4v) is 2.85. The summed E-state index contributed by atoms with van der Waals surface area (Å²) >= 11 is 7.86. The summed E-state index contributed by atoms with van der Waals surface area (Å²) in [6.45, 7) is 3.97. The number of thiophene rings is 1. The van der Waals surface area contributed by atoms with Crippen molar-refractivity contribution in [1.29, 1.82) is 0 Å². The second-order valence-corrected chi connectivity index (χ2v) is 6.82. The summed E-state index contributed by atoms with van der Waals surface area (Å²) in [5, 5.41) is 7.52. The highest BCUT2D eigenvalue weighted by Crippen LogP contribution is 2.19. The third kappa shape index (κ3) is 4.30. The van der Waals surface area contributed by atoms with Crippen LogP contribution in [0.3, 0.4) is 0 Å². The van der Waals surface area contributed by atoms with Crippen LogP contribution in [0.15, 0.2) is 23.1 Å². The van der Waals surface area contributed by atoms with E-state index in [4.69, 9.17) is 11.6 Å². The van der Waals surface area contributed by atoms with Gasteiger partial charge in [-0.1, -0.05) is 11.6 Å². The summed E-state index contributed by atoms with van der Waals surface area (Å²) in [6, 6.07) is 4.13. The van der Waals surface area contributed by atoms with Crippen LogP contribution in [-0.4, -0.2) is 35.3 Å². The highest BCUT2D eigenvalue weighted by atomic mass is 35.5. The van der Waals surface area contributed by atoms with Gasteiger partial charge in [-0.3, -0.25) is 4.79 Å². The van der Waals surface area contributed by atoms with E-state index >= 15 is 0 Å². The number of hydrogen-bond donors (Lipinski definition) is 1. The van der Waals surface area contributed by atoms with Gasteiger partial charge in [0, 0.05) is 22.8 Å². The predicted molar refractivity (Wildman–Crippen MR) is 88.4 cm³/mol. The Kier molecular flexibility index (Phi) is 5.39. The maximum absolute atomic E-state index is 12.1. The van der Waals surface area contributed by atoms with Crippen LogP contribution in [0.4, 0.5) is 5.69 Å². The molecule has 0 radical (unpaired) electrons. The first-order valence-electron chi connectivity index (χ1n) is 6.67. The van der Waals surface area contributed by atoms with E-state index in [2.05, 4.69) is 29.5 Å². The first kappa shape index (κ1) is 16.0. The SMILES string of the molecule is Cc1ccc(CNc2cnn(CCN(C)C)c(=O)c2Cl)s1. The quantitative estimate of drug-likeness (QED) is 0.886. The minimum atomic E-state index is -0.258. The van der Waals surface area contributed by atoms with Gasteiger partial charge in [0.2, 0.25) is 0 Å². The summed E-state index contributed by atoms with van der Waals surface area (Å²) in [7, 11) is 3.90. The van der Waals surface area contributed by atoms with Crippen molar-refractivity contribution in [3.63, 3.8) is 0 Å². The number of aromatic nitrogens is 2. The van der Waals surface area contributed by atoms with Gasteiger partial charge in [-0.25, -0.2) is 4.68 Å². The van der Waals surface area contributed by atoms with Crippen molar-refractivity contribution < 1.29 is 0 Å². The van der Waals surface area contributed by atoms with E-state index in [1.807, 2.05) is 19.0 Å². The lowest BCUT2D eigenvalue weighted by atomic mass is 10.4. The van der Waals surface area contributed by atoms with Gasteiger partial charge in [-0.15, -0.1) is 11.3 Å². The Labute approximate surface area is 133 Å². The van der Waals surface area contributed by atoms with Crippen LogP contribution >= 0.6 is 22.9 Å². The van der Waals surface area contributed by atoms with Gasteiger partial charge < -0.3 is 10.2 Å². The van der Waals surface area contributed by atoms with E-state index in [1.165, 1.54) is 14.4 Å². The van der Waals surface area contributed by atoms with Crippen LogP contribution < -0.4 is 10.9 Å². The van der Waals surface area contributed by atoms with E-state index in [0.29, 0.717) is 18.8 Å². The number of rotatable bonds is 6. The van der Waals surface area contributed by atoms with Gasteiger partial charge in [-0.05, 0) is 33.2 Å². The molecule has 0 aliphatic carbocycles. The molecule has 0 spiro atoms. The molecule has 0 saturated carbocycles. The molecule has 0 atom stereocenters. The molecule has 0 unspecified atom stereocenters. The van der Waals surface area contributed by atoms with Crippen molar-refractivity contribution in [2.45, 2.75) is 20.0 Å². The summed E-state index contributed by atoms with van der Waals surface area (Å²) in [5.74, 6) is 0. The second-order valence-electron chi connectivity index (χ2n) is 5.07. The molecule has 7 heteroatoms. The number of halogens is 1. The van der Waals surface area contributed by atoms with E-state index in [-0.39, 0.29) is 10.6 Å². The van der Waals surface area contributed by atoms with Gasteiger partial charge in [-0.2, -0.15) is 5.10 Å². The third-order valence-electron chi connectivity index (χ3n) is 2.99. The largest absolute Gasteiger partial charge is 0.377 e. The van der Waals surface area contributed by atoms with Crippen LogP contribution in [0.2, 0.25) is 5.02 Å². The number of nitrogens with zero attached hydrogens (tertiary/aromatic N) is 3. The monoisotopic (exact) mass is 326 g/mol. The molecule has 0 aliphatic heterocycles. The minimum Gasteiger partial charge on any atom is -0.377 e. The molecular formula is C14H19ClN4OS. The number of nitrogens with one attached hydrogen (secondary N) is 1. The molecule has 0 bridgehead atoms. The van der Waals surface area contributed by atoms with E-state index in [0.717, 1.165) is 6.54 Å². The molecule has 21 heavy (non-hydrogen) atoms. The van der Waals surface area contributed by atoms with Crippen molar-refractivity contribution in [2.75, 3.05) is 26.0 Å². The minimum absolute atomic E-state index is 0.192. The lowest BCUT2D eigenvalue weighted by molar-refractivity contribution is 0.367. The summed E-state index contributed by atoms with van der Waals surface area (Å²) in [5.41, 5.74) is 0.319. The van der Waals surface area contributed by atoms with E-state index in [9.17, 15) is 4.79 Å². The lowest BCUT2D eigenvalue weighted by Crippen LogP contribution is -2.29. The van der Waals surface area contributed by atoms with Gasteiger partial charge in [0.25, 0.3) is 5.56 Å². The zero-order valence-corrected chi connectivity index (χ0v) is 14.0. The molecule has 0 amide bonds. The van der Waals surface area contributed by atoms with Crippen LogP contribution in [-0.2, 0) is 13.1 Å². The smallest absolute Gasteiger partial charge is 0.287 e. The maximum Gasteiger partial charge on any atom is 0.287 e. The fraction of sp³-hybridized carbons (Fsp3) is 0.429. The van der Waals surface area contributed by atoms with Gasteiger partial charge in [0.1, 0.15) is 5.02 Å². The number of likely N-dealkylation sites (N-methyl/N-ethyl adjacent to an activating group) is 1. The number of anilines is 1. The second kappa shape index (κ2) is 7.06. The third-order valence-corrected chi connectivity index (χ3v) is 4.36. The molecular weight excluding hydrogens is 308 g/mol. The van der Waals surface area contributed by atoms with E-state index < -0.39 is 0 Å². The van der Waals surface area contributed by atoms with Crippen LogP contribution in [0.5, 0.6) is 0 Å². The van der Waals surface area contributed by atoms with Crippen molar-refractivity contribution in [3.05, 3.63) is 43.5 Å². The Balaban J connectivity index is 2.07. The topological polar surface area (TPSA) is 50.2 Å². The van der Waals surface area contributed by atoms with Crippen molar-refractivity contribution in [3.8, 4) is 0 Å². The standard InChI is InChI=1S/C14H19ClN4OS/c1-10-4-5-11(21-10)8-16-12-9-17-19(7-6-18(2)3)14(20)13(12)15/h4-5,9,16H,6-8H2,1-3H3. The molecule has 2 aromatic rings. The van der Waals surface area contributed by atoms with Gasteiger partial charge in [0.05, 0.1) is 18.4 Å². The fourth-order valence-electron chi connectivity index (χ4n) is 1.80. The van der Waals surface area contributed by atoms with Gasteiger partial charge in [0.15, 0.2) is 0 Å². The Bertz CT molecular complexity index is 665. The summed E-state index contributed by atoms with van der Waals surface area (Å²) in [4.78, 5) is 16.6. The first-order valence-corrected chi connectivity index (χ1v) is 7.86. The molecule has 2 aromatic heterocycles. The Morgan fingerprint density at radius 1 is 1.43 bits per heavy atom. The zero-order valence-electron chi connectivity index (χ0n) is 12.4. The molecule has 114 valence electrons. The number of hydrogen-bond acceptors (Lipinski definition) is 5. The predicted octanol–water partition coefficient (Wildman–Crippen LogP) is 2.44. The van der Waals surface area contributed by atoms with Crippen LogP contribution in [0.25, 0.3) is 0 Å². The molecule has 0 aromatic carbocycles. The normalized spacial score (nSPS) is 11.1. The first-order chi connectivity index (χ1) is 9.97. The molecule has 1 N–H and O–H groups in total. The van der Waals surface area contributed by atoms with Gasteiger partial charge >= 0.3 is 0 Å². The average Bonchev–Trinajstić information content (AvgIpc) is 2.85. The van der Waals surface area contributed by atoms with Crippen LogP contribution in [0.1, 0.15) is 9.75 Å². The van der Waals surface area contributed by atoms with Crippen LogP contribution in [0, 0.1) is 6.92 Å². The van der Waals surface area contributed by atoms with Crippen molar-refractivity contribution in [1.82, 2.24) is 14.7 Å². The highest BCUT2D eigenvalue weighted by Gasteiger charge is 2.09. The molecule has 0 saturated heterocycles. The summed E-state index contributed by atoms with van der Waals surface area (Å²) < 4.78 is 1.39. The Hall–Kier alpha value is -1.37.